The zero-order valence-electron chi connectivity index (χ0n) is 10.7. The lowest BCUT2D eigenvalue weighted by molar-refractivity contribution is -0.124. The van der Waals surface area contributed by atoms with E-state index >= 15 is 0 Å². The van der Waals surface area contributed by atoms with E-state index < -0.39 is 23.1 Å². The highest BCUT2D eigenvalue weighted by Crippen LogP contribution is 2.20. The molecule has 6 nitrogen and oxygen atoms in total. The van der Waals surface area contributed by atoms with Crippen molar-refractivity contribution in [2.24, 2.45) is 11.5 Å². The van der Waals surface area contributed by atoms with Crippen LogP contribution < -0.4 is 11.5 Å². The maximum Gasteiger partial charge on any atom is 0.410 e. The molecule has 0 unspecified atom stereocenters. The molecule has 6 heteroatoms. The number of amides is 2. The summed E-state index contributed by atoms with van der Waals surface area (Å²) in [5, 5.41) is 0. The molecule has 1 saturated heterocycles. The molecule has 4 N–H and O–H groups in total. The van der Waals surface area contributed by atoms with Crippen LogP contribution in [0, 0.1) is 0 Å². The van der Waals surface area contributed by atoms with E-state index in [1.165, 1.54) is 4.90 Å². The Kier molecular flexibility index (Phi) is 3.66. The van der Waals surface area contributed by atoms with Crippen LogP contribution in [0.25, 0.3) is 0 Å². The van der Waals surface area contributed by atoms with E-state index in [9.17, 15) is 9.59 Å². The number of carbonyl (C=O) groups is 2. The summed E-state index contributed by atoms with van der Waals surface area (Å²) >= 11 is 0. The third-order valence-electron chi connectivity index (χ3n) is 2.67. The lowest BCUT2D eigenvalue weighted by Crippen LogP contribution is -2.62. The number of carbonyl (C=O) groups excluding carboxylic acids is 2. The van der Waals surface area contributed by atoms with Gasteiger partial charge in [0, 0.05) is 6.54 Å². The number of hydrogen-bond donors (Lipinski definition) is 2. The van der Waals surface area contributed by atoms with Gasteiger partial charge < -0.3 is 21.1 Å². The number of hydrogen-bond acceptors (Lipinski definition) is 4. The second kappa shape index (κ2) is 4.52. The van der Waals surface area contributed by atoms with E-state index in [4.69, 9.17) is 16.2 Å². The van der Waals surface area contributed by atoms with E-state index in [1.807, 2.05) is 0 Å². The van der Waals surface area contributed by atoms with Crippen molar-refractivity contribution in [3.63, 3.8) is 0 Å². The van der Waals surface area contributed by atoms with Crippen molar-refractivity contribution in [1.29, 1.82) is 0 Å². The molecule has 2 amide bonds. The lowest BCUT2D eigenvalue weighted by atomic mass is 9.90. The second-order valence-corrected chi connectivity index (χ2v) is 5.53. The first-order valence-corrected chi connectivity index (χ1v) is 5.71. The SMILES string of the molecule is CC(C)(C)OC(=O)N1CCC[C@@](N)(C(N)=O)C1. The van der Waals surface area contributed by atoms with Gasteiger partial charge in [-0.1, -0.05) is 0 Å². The van der Waals surface area contributed by atoms with Crippen LogP contribution in [-0.2, 0) is 9.53 Å². The van der Waals surface area contributed by atoms with Crippen LogP contribution in [0.1, 0.15) is 33.6 Å². The van der Waals surface area contributed by atoms with Crippen molar-refractivity contribution >= 4 is 12.0 Å². The van der Waals surface area contributed by atoms with Gasteiger partial charge >= 0.3 is 6.09 Å². The van der Waals surface area contributed by atoms with Crippen LogP contribution in [0.5, 0.6) is 0 Å². The third kappa shape index (κ3) is 3.59. The summed E-state index contributed by atoms with van der Waals surface area (Å²) in [6.07, 6.45) is 0.702. The highest BCUT2D eigenvalue weighted by Gasteiger charge is 2.39. The van der Waals surface area contributed by atoms with Gasteiger partial charge in [-0.15, -0.1) is 0 Å². The Balaban J connectivity index is 2.67. The smallest absolute Gasteiger partial charge is 0.410 e. The summed E-state index contributed by atoms with van der Waals surface area (Å²) in [4.78, 5) is 24.5. The van der Waals surface area contributed by atoms with Gasteiger partial charge in [0.15, 0.2) is 0 Å². The molecule has 1 aliphatic rings. The number of rotatable bonds is 1. The molecule has 98 valence electrons. The number of nitrogens with two attached hydrogens (primary N) is 2. The second-order valence-electron chi connectivity index (χ2n) is 5.53. The van der Waals surface area contributed by atoms with E-state index in [-0.39, 0.29) is 6.54 Å². The van der Waals surface area contributed by atoms with Gasteiger partial charge in [0.05, 0.1) is 6.54 Å². The molecular weight excluding hydrogens is 222 g/mol. The van der Waals surface area contributed by atoms with Gasteiger partial charge in [-0.25, -0.2) is 4.79 Å². The largest absolute Gasteiger partial charge is 0.444 e. The van der Waals surface area contributed by atoms with Gasteiger partial charge in [0.2, 0.25) is 5.91 Å². The normalized spacial score (nSPS) is 25.5. The highest BCUT2D eigenvalue weighted by atomic mass is 16.6. The summed E-state index contributed by atoms with van der Waals surface area (Å²) in [5.74, 6) is -0.578. The maximum atomic E-state index is 11.8. The summed E-state index contributed by atoms with van der Waals surface area (Å²) < 4.78 is 5.23. The minimum atomic E-state index is -1.13. The molecule has 0 bridgehead atoms. The van der Waals surface area contributed by atoms with Gasteiger partial charge in [0.1, 0.15) is 11.1 Å². The molecule has 0 saturated carbocycles. The van der Waals surface area contributed by atoms with Gasteiger partial charge in [-0.2, -0.15) is 0 Å². The first-order valence-electron chi connectivity index (χ1n) is 5.71. The summed E-state index contributed by atoms with van der Waals surface area (Å²) in [6.45, 7) is 6.04. The Morgan fingerprint density at radius 1 is 1.35 bits per heavy atom. The molecule has 1 rings (SSSR count). The third-order valence-corrected chi connectivity index (χ3v) is 2.67. The molecule has 1 heterocycles. The van der Waals surface area contributed by atoms with E-state index in [2.05, 4.69) is 0 Å². The van der Waals surface area contributed by atoms with Gasteiger partial charge in [0.25, 0.3) is 0 Å². The Hall–Kier alpha value is -1.30. The van der Waals surface area contributed by atoms with Gasteiger partial charge in [-0.3, -0.25) is 4.79 Å². The average Bonchev–Trinajstić information content (AvgIpc) is 2.15. The highest BCUT2D eigenvalue weighted by molar-refractivity contribution is 5.85. The molecule has 1 fully saturated rings. The minimum Gasteiger partial charge on any atom is -0.444 e. The van der Waals surface area contributed by atoms with E-state index in [0.29, 0.717) is 19.4 Å². The van der Waals surface area contributed by atoms with Crippen LogP contribution in [0.2, 0.25) is 0 Å². The van der Waals surface area contributed by atoms with Crippen molar-refractivity contribution in [3.05, 3.63) is 0 Å². The fourth-order valence-corrected chi connectivity index (χ4v) is 1.77. The number of nitrogens with zero attached hydrogens (tertiary/aromatic N) is 1. The van der Waals surface area contributed by atoms with Crippen LogP contribution in [0.4, 0.5) is 4.79 Å². The first-order chi connectivity index (χ1) is 7.64. The molecule has 0 aromatic carbocycles. The number of piperidine rings is 1. The average molecular weight is 243 g/mol. The summed E-state index contributed by atoms with van der Waals surface area (Å²) in [7, 11) is 0. The van der Waals surface area contributed by atoms with Crippen molar-refractivity contribution in [1.82, 2.24) is 4.90 Å². The molecule has 17 heavy (non-hydrogen) atoms. The molecule has 0 aliphatic carbocycles. The molecular formula is C11H21N3O3. The number of primary amides is 1. The molecule has 0 radical (unpaired) electrons. The van der Waals surface area contributed by atoms with Crippen LogP contribution in [0.3, 0.4) is 0 Å². The van der Waals surface area contributed by atoms with Crippen LogP contribution >= 0.6 is 0 Å². The van der Waals surface area contributed by atoms with Crippen molar-refractivity contribution in [2.45, 2.75) is 44.8 Å². The first kappa shape index (κ1) is 13.8. The molecule has 1 atom stereocenters. The topological polar surface area (TPSA) is 98.7 Å². The van der Waals surface area contributed by atoms with Crippen molar-refractivity contribution < 1.29 is 14.3 Å². The van der Waals surface area contributed by atoms with Crippen molar-refractivity contribution in [3.8, 4) is 0 Å². The van der Waals surface area contributed by atoms with E-state index in [0.717, 1.165) is 0 Å². The Bertz CT molecular complexity index is 324. The molecule has 0 spiro atoms. The Morgan fingerprint density at radius 3 is 2.41 bits per heavy atom. The number of ether oxygens (including phenoxy) is 1. The fraction of sp³-hybridized carbons (Fsp3) is 0.818. The standard InChI is InChI=1S/C11H21N3O3/c1-10(2,3)17-9(16)14-6-4-5-11(13,7-14)8(12)15/h4-7,13H2,1-3H3,(H2,12,15)/t11-/m0/s1. The van der Waals surface area contributed by atoms with Crippen LogP contribution in [0.15, 0.2) is 0 Å². The number of likely N-dealkylation sites (tertiary alicyclic amines) is 1. The van der Waals surface area contributed by atoms with Crippen molar-refractivity contribution in [2.75, 3.05) is 13.1 Å². The summed E-state index contributed by atoms with van der Waals surface area (Å²) in [5.41, 5.74) is 9.43. The van der Waals surface area contributed by atoms with Gasteiger partial charge in [-0.05, 0) is 33.6 Å². The monoisotopic (exact) mass is 243 g/mol. The molecule has 0 aromatic rings. The zero-order chi connectivity index (χ0) is 13.3. The maximum absolute atomic E-state index is 11.8. The lowest BCUT2D eigenvalue weighted by Gasteiger charge is -2.38. The van der Waals surface area contributed by atoms with Crippen LogP contribution in [-0.4, -0.2) is 41.1 Å². The zero-order valence-corrected chi connectivity index (χ0v) is 10.7. The predicted octanol–water partition coefficient (Wildman–Crippen LogP) is 0.200. The Labute approximate surface area is 101 Å². The minimum absolute atomic E-state index is 0.122. The molecule has 1 aliphatic heterocycles. The van der Waals surface area contributed by atoms with E-state index in [1.54, 1.807) is 20.8 Å². The Morgan fingerprint density at radius 2 is 1.94 bits per heavy atom. The fourth-order valence-electron chi connectivity index (χ4n) is 1.77. The molecule has 0 aromatic heterocycles. The predicted molar refractivity (Wildman–Crippen MR) is 63.2 cm³/mol. The quantitative estimate of drug-likeness (QED) is 0.687. The summed E-state index contributed by atoms with van der Waals surface area (Å²) in [6, 6.07) is 0.